The van der Waals surface area contributed by atoms with Crippen LogP contribution in [0.5, 0.6) is 0 Å². The van der Waals surface area contributed by atoms with Crippen LogP contribution in [0.1, 0.15) is 30.7 Å². The summed E-state index contributed by atoms with van der Waals surface area (Å²) in [6, 6.07) is 1.76. The van der Waals surface area contributed by atoms with Gasteiger partial charge in [0, 0.05) is 18.1 Å². The highest BCUT2D eigenvalue weighted by molar-refractivity contribution is 6.31. The van der Waals surface area contributed by atoms with E-state index in [2.05, 4.69) is 4.98 Å². The van der Waals surface area contributed by atoms with E-state index < -0.39 is 0 Å². The Kier molecular flexibility index (Phi) is 2.42. The minimum Gasteiger partial charge on any atom is -0.456 e. The second-order valence-electron chi connectivity index (χ2n) is 3.29. The van der Waals surface area contributed by atoms with E-state index in [1.165, 1.54) is 6.92 Å². The van der Waals surface area contributed by atoms with E-state index in [9.17, 15) is 4.79 Å². The number of pyridine rings is 1. The summed E-state index contributed by atoms with van der Waals surface area (Å²) in [6.07, 6.45) is 3.05. The van der Waals surface area contributed by atoms with Crippen molar-refractivity contribution in [3.63, 3.8) is 0 Å². The van der Waals surface area contributed by atoms with Crippen LogP contribution in [0.4, 0.5) is 0 Å². The second-order valence-corrected chi connectivity index (χ2v) is 3.70. The Hall–Kier alpha value is -1.09. The Labute approximate surface area is 87.0 Å². The van der Waals surface area contributed by atoms with E-state index in [1.807, 2.05) is 0 Å². The molecule has 0 spiro atoms. The zero-order valence-corrected chi connectivity index (χ0v) is 8.54. The second kappa shape index (κ2) is 3.58. The van der Waals surface area contributed by atoms with Crippen LogP contribution in [0.15, 0.2) is 12.3 Å². The fourth-order valence-electron chi connectivity index (χ4n) is 1.74. The van der Waals surface area contributed by atoms with Crippen LogP contribution in [0.3, 0.4) is 0 Å². The number of carbonyl (C=O) groups excluding carboxylic acids is 1. The standard InChI is InChI=1S/C10H10ClNO2/c1-6(13)14-9-3-2-7-8(11)4-5-12-10(7)9/h4-5,9H,2-3H2,1H3/t9-/m1/s1. The van der Waals surface area contributed by atoms with E-state index in [1.54, 1.807) is 12.3 Å². The molecule has 0 unspecified atom stereocenters. The first kappa shape index (κ1) is 9.46. The summed E-state index contributed by atoms with van der Waals surface area (Å²) in [5.41, 5.74) is 1.83. The van der Waals surface area contributed by atoms with Crippen LogP contribution in [0.2, 0.25) is 5.02 Å². The number of nitrogens with zero attached hydrogens (tertiary/aromatic N) is 1. The van der Waals surface area contributed by atoms with Gasteiger partial charge in [0.05, 0.1) is 5.69 Å². The van der Waals surface area contributed by atoms with Gasteiger partial charge >= 0.3 is 5.97 Å². The van der Waals surface area contributed by atoms with Crippen molar-refractivity contribution in [2.24, 2.45) is 0 Å². The number of hydrogen-bond donors (Lipinski definition) is 0. The lowest BCUT2D eigenvalue weighted by molar-refractivity contribution is -0.146. The number of hydrogen-bond acceptors (Lipinski definition) is 3. The Bertz CT molecular complexity index is 378. The van der Waals surface area contributed by atoms with Gasteiger partial charge in [-0.05, 0) is 24.5 Å². The third-order valence-electron chi connectivity index (χ3n) is 2.30. The van der Waals surface area contributed by atoms with Gasteiger partial charge in [-0.15, -0.1) is 0 Å². The topological polar surface area (TPSA) is 39.2 Å². The van der Waals surface area contributed by atoms with E-state index >= 15 is 0 Å². The zero-order valence-electron chi connectivity index (χ0n) is 7.79. The van der Waals surface area contributed by atoms with E-state index in [-0.39, 0.29) is 12.1 Å². The van der Waals surface area contributed by atoms with Gasteiger partial charge in [-0.2, -0.15) is 0 Å². The van der Waals surface area contributed by atoms with Gasteiger partial charge in [-0.1, -0.05) is 11.6 Å². The van der Waals surface area contributed by atoms with Crippen LogP contribution in [-0.2, 0) is 16.0 Å². The van der Waals surface area contributed by atoms with Crippen molar-refractivity contribution < 1.29 is 9.53 Å². The number of rotatable bonds is 1. The fourth-order valence-corrected chi connectivity index (χ4v) is 1.98. The Morgan fingerprint density at radius 1 is 1.71 bits per heavy atom. The molecule has 0 fully saturated rings. The number of ether oxygens (including phenoxy) is 1. The highest BCUT2D eigenvalue weighted by Gasteiger charge is 2.27. The first-order chi connectivity index (χ1) is 6.68. The lowest BCUT2D eigenvalue weighted by Gasteiger charge is -2.10. The summed E-state index contributed by atoms with van der Waals surface area (Å²) in [5.74, 6) is -0.273. The maximum atomic E-state index is 10.8. The summed E-state index contributed by atoms with van der Waals surface area (Å²) >= 11 is 5.99. The number of carbonyl (C=O) groups is 1. The molecule has 4 heteroatoms. The molecule has 0 saturated heterocycles. The number of aromatic nitrogens is 1. The third kappa shape index (κ3) is 1.60. The van der Waals surface area contributed by atoms with Gasteiger partial charge in [0.2, 0.25) is 0 Å². The number of halogens is 1. The highest BCUT2D eigenvalue weighted by Crippen LogP contribution is 2.35. The van der Waals surface area contributed by atoms with E-state index in [4.69, 9.17) is 16.3 Å². The molecule has 14 heavy (non-hydrogen) atoms. The van der Waals surface area contributed by atoms with Gasteiger partial charge in [0.25, 0.3) is 0 Å². The maximum Gasteiger partial charge on any atom is 0.303 e. The molecule has 1 aliphatic carbocycles. The molecule has 0 aliphatic heterocycles. The minimum atomic E-state index is -0.273. The third-order valence-corrected chi connectivity index (χ3v) is 2.66. The van der Waals surface area contributed by atoms with Crippen LogP contribution < -0.4 is 0 Å². The fraction of sp³-hybridized carbons (Fsp3) is 0.400. The molecule has 1 heterocycles. The molecule has 1 aromatic heterocycles. The van der Waals surface area contributed by atoms with E-state index in [0.717, 1.165) is 24.1 Å². The molecule has 0 radical (unpaired) electrons. The van der Waals surface area contributed by atoms with Crippen LogP contribution in [0, 0.1) is 0 Å². The molecule has 2 rings (SSSR count). The smallest absolute Gasteiger partial charge is 0.303 e. The van der Waals surface area contributed by atoms with Crippen LogP contribution in [0.25, 0.3) is 0 Å². The molecule has 74 valence electrons. The quantitative estimate of drug-likeness (QED) is 0.669. The van der Waals surface area contributed by atoms with Crippen molar-refractivity contribution in [2.75, 3.05) is 0 Å². The Morgan fingerprint density at radius 2 is 2.50 bits per heavy atom. The van der Waals surface area contributed by atoms with Crippen LogP contribution >= 0.6 is 11.6 Å². The monoisotopic (exact) mass is 211 g/mol. The van der Waals surface area contributed by atoms with Crippen molar-refractivity contribution in [2.45, 2.75) is 25.9 Å². The zero-order chi connectivity index (χ0) is 10.1. The lowest BCUT2D eigenvalue weighted by Crippen LogP contribution is -2.06. The first-order valence-electron chi connectivity index (χ1n) is 4.49. The lowest BCUT2D eigenvalue weighted by atomic mass is 10.2. The predicted molar refractivity (Wildman–Crippen MR) is 52.1 cm³/mol. The van der Waals surface area contributed by atoms with Gasteiger partial charge < -0.3 is 4.74 Å². The minimum absolute atomic E-state index is 0.207. The first-order valence-corrected chi connectivity index (χ1v) is 4.87. The highest BCUT2D eigenvalue weighted by atomic mass is 35.5. The normalized spacial score (nSPS) is 19.1. The molecule has 3 nitrogen and oxygen atoms in total. The van der Waals surface area contributed by atoms with Gasteiger partial charge in [0.1, 0.15) is 6.10 Å². The average molecular weight is 212 g/mol. The molecule has 0 bridgehead atoms. The molecular weight excluding hydrogens is 202 g/mol. The SMILES string of the molecule is CC(=O)O[C@@H]1CCc2c(Cl)ccnc21. The van der Waals surface area contributed by atoms with E-state index in [0.29, 0.717) is 5.02 Å². The summed E-state index contributed by atoms with van der Waals surface area (Å²) < 4.78 is 5.13. The molecule has 1 aromatic rings. The predicted octanol–water partition coefficient (Wildman–Crippen LogP) is 2.29. The van der Waals surface area contributed by atoms with Crippen molar-refractivity contribution in [1.82, 2.24) is 4.98 Å². The molecular formula is C10H10ClNO2. The summed E-state index contributed by atoms with van der Waals surface area (Å²) in [4.78, 5) is 15.0. The molecule has 0 aromatic carbocycles. The number of esters is 1. The van der Waals surface area contributed by atoms with Gasteiger partial charge in [-0.3, -0.25) is 9.78 Å². The largest absolute Gasteiger partial charge is 0.456 e. The average Bonchev–Trinajstić information content (AvgIpc) is 2.49. The van der Waals surface area contributed by atoms with Crippen molar-refractivity contribution in [1.29, 1.82) is 0 Å². The molecule has 0 amide bonds. The van der Waals surface area contributed by atoms with Crippen molar-refractivity contribution >= 4 is 17.6 Å². The molecule has 0 N–H and O–H groups in total. The van der Waals surface area contributed by atoms with Gasteiger partial charge in [0.15, 0.2) is 0 Å². The molecule has 1 aliphatic rings. The maximum absolute atomic E-state index is 10.8. The van der Waals surface area contributed by atoms with Crippen molar-refractivity contribution in [3.8, 4) is 0 Å². The molecule has 0 saturated carbocycles. The molecule has 1 atom stereocenters. The van der Waals surface area contributed by atoms with Crippen LogP contribution in [-0.4, -0.2) is 11.0 Å². The summed E-state index contributed by atoms with van der Waals surface area (Å²) in [7, 11) is 0. The summed E-state index contributed by atoms with van der Waals surface area (Å²) in [5, 5.41) is 0.713. The Morgan fingerprint density at radius 3 is 3.21 bits per heavy atom. The summed E-state index contributed by atoms with van der Waals surface area (Å²) in [6.45, 7) is 1.41. The number of fused-ring (bicyclic) bond motifs is 1. The Balaban J connectivity index is 2.30. The van der Waals surface area contributed by atoms with Crippen molar-refractivity contribution in [3.05, 3.63) is 28.5 Å². The van der Waals surface area contributed by atoms with Gasteiger partial charge in [-0.25, -0.2) is 0 Å².